The molecule has 0 aliphatic carbocycles. The molecule has 0 aromatic carbocycles. The van der Waals surface area contributed by atoms with Crippen molar-refractivity contribution in [3.63, 3.8) is 0 Å². The summed E-state index contributed by atoms with van der Waals surface area (Å²) in [4.78, 5) is 4.52. The number of aromatic nitrogens is 3. The van der Waals surface area contributed by atoms with Crippen LogP contribution < -0.4 is 10.1 Å². The van der Waals surface area contributed by atoms with Crippen LogP contribution in [0, 0.1) is 6.92 Å². The summed E-state index contributed by atoms with van der Waals surface area (Å²) >= 11 is 0. The third kappa shape index (κ3) is 3.79. The van der Waals surface area contributed by atoms with E-state index in [0.717, 1.165) is 35.9 Å². The van der Waals surface area contributed by atoms with Crippen LogP contribution >= 0.6 is 0 Å². The molecule has 0 saturated carbocycles. The standard InChI is InChI=1S/C14H20N4O/c1-4-15-9-13-14(6-5-11(2)16-13)19-10-12-7-8-18(3)17-12/h5-8,15H,4,9-10H2,1-3H3. The Morgan fingerprint density at radius 2 is 2.16 bits per heavy atom. The van der Waals surface area contributed by atoms with Crippen LogP contribution in [0.2, 0.25) is 0 Å². The molecule has 102 valence electrons. The third-order valence-electron chi connectivity index (χ3n) is 2.76. The van der Waals surface area contributed by atoms with Crippen molar-refractivity contribution in [1.29, 1.82) is 0 Å². The summed E-state index contributed by atoms with van der Waals surface area (Å²) in [6.07, 6.45) is 1.91. The first-order chi connectivity index (χ1) is 9.19. The zero-order valence-electron chi connectivity index (χ0n) is 11.7. The van der Waals surface area contributed by atoms with Gasteiger partial charge in [-0.15, -0.1) is 0 Å². The zero-order valence-corrected chi connectivity index (χ0v) is 11.7. The van der Waals surface area contributed by atoms with E-state index >= 15 is 0 Å². The van der Waals surface area contributed by atoms with Crippen LogP contribution in [0.5, 0.6) is 5.75 Å². The van der Waals surface area contributed by atoms with E-state index in [9.17, 15) is 0 Å². The van der Waals surface area contributed by atoms with Crippen LogP contribution in [0.1, 0.15) is 24.0 Å². The van der Waals surface area contributed by atoms with Crippen molar-refractivity contribution >= 4 is 0 Å². The predicted octanol–water partition coefficient (Wildman–Crippen LogP) is 1.81. The monoisotopic (exact) mass is 260 g/mol. The second-order valence-corrected chi connectivity index (χ2v) is 4.45. The van der Waals surface area contributed by atoms with Crippen LogP contribution in [-0.2, 0) is 20.2 Å². The summed E-state index contributed by atoms with van der Waals surface area (Å²) in [6, 6.07) is 5.88. The number of nitrogens with one attached hydrogen (secondary N) is 1. The highest BCUT2D eigenvalue weighted by Crippen LogP contribution is 2.18. The number of hydrogen-bond donors (Lipinski definition) is 1. The van der Waals surface area contributed by atoms with E-state index in [2.05, 4.69) is 22.3 Å². The topological polar surface area (TPSA) is 52.0 Å². The van der Waals surface area contributed by atoms with Crippen molar-refractivity contribution in [3.8, 4) is 5.75 Å². The molecule has 2 aromatic rings. The Kier molecular flexibility index (Phi) is 4.52. The minimum Gasteiger partial charge on any atom is -0.485 e. The average molecular weight is 260 g/mol. The van der Waals surface area contributed by atoms with Gasteiger partial charge in [0.1, 0.15) is 12.4 Å². The Hall–Kier alpha value is -1.88. The van der Waals surface area contributed by atoms with Crippen molar-refractivity contribution in [2.45, 2.75) is 27.0 Å². The van der Waals surface area contributed by atoms with Gasteiger partial charge in [-0.1, -0.05) is 6.92 Å². The smallest absolute Gasteiger partial charge is 0.142 e. The summed E-state index contributed by atoms with van der Waals surface area (Å²) in [5, 5.41) is 7.56. The van der Waals surface area contributed by atoms with Gasteiger partial charge in [0.15, 0.2) is 0 Å². The van der Waals surface area contributed by atoms with Crippen molar-refractivity contribution in [1.82, 2.24) is 20.1 Å². The molecule has 0 aliphatic rings. The minimum atomic E-state index is 0.463. The Morgan fingerprint density at radius 3 is 2.84 bits per heavy atom. The van der Waals surface area contributed by atoms with Crippen molar-refractivity contribution in [2.75, 3.05) is 6.54 Å². The fourth-order valence-electron chi connectivity index (χ4n) is 1.79. The van der Waals surface area contributed by atoms with Gasteiger partial charge in [0.05, 0.1) is 11.4 Å². The summed E-state index contributed by atoms with van der Waals surface area (Å²) in [6.45, 7) is 6.15. The average Bonchev–Trinajstić information content (AvgIpc) is 2.81. The molecule has 0 fully saturated rings. The van der Waals surface area contributed by atoms with E-state index < -0.39 is 0 Å². The minimum absolute atomic E-state index is 0.463. The SMILES string of the molecule is CCNCc1nc(C)ccc1OCc1ccn(C)n1. The first-order valence-electron chi connectivity index (χ1n) is 6.47. The largest absolute Gasteiger partial charge is 0.485 e. The van der Waals surface area contributed by atoms with Crippen LogP contribution in [0.25, 0.3) is 0 Å². The molecule has 0 radical (unpaired) electrons. The van der Waals surface area contributed by atoms with E-state index in [-0.39, 0.29) is 0 Å². The molecular weight excluding hydrogens is 240 g/mol. The van der Waals surface area contributed by atoms with Gasteiger partial charge < -0.3 is 10.1 Å². The summed E-state index contributed by atoms with van der Waals surface area (Å²) < 4.78 is 7.58. The fraction of sp³-hybridized carbons (Fsp3) is 0.429. The van der Waals surface area contributed by atoms with Crippen LogP contribution in [0.15, 0.2) is 24.4 Å². The maximum atomic E-state index is 5.81. The lowest BCUT2D eigenvalue weighted by Crippen LogP contribution is -2.14. The van der Waals surface area contributed by atoms with Gasteiger partial charge in [-0.25, -0.2) is 0 Å². The van der Waals surface area contributed by atoms with Gasteiger partial charge in [-0.2, -0.15) is 5.10 Å². The predicted molar refractivity (Wildman–Crippen MR) is 73.9 cm³/mol. The number of pyridine rings is 1. The van der Waals surface area contributed by atoms with Crippen LogP contribution in [0.3, 0.4) is 0 Å². The highest BCUT2D eigenvalue weighted by Gasteiger charge is 2.06. The van der Waals surface area contributed by atoms with E-state index in [4.69, 9.17) is 4.74 Å². The molecule has 0 amide bonds. The molecule has 2 heterocycles. The molecular formula is C14H20N4O. The summed E-state index contributed by atoms with van der Waals surface area (Å²) in [5.41, 5.74) is 2.85. The highest BCUT2D eigenvalue weighted by atomic mass is 16.5. The third-order valence-corrected chi connectivity index (χ3v) is 2.76. The molecule has 0 aliphatic heterocycles. The normalized spacial score (nSPS) is 10.7. The molecule has 2 aromatic heterocycles. The molecule has 0 atom stereocenters. The summed E-state index contributed by atoms with van der Waals surface area (Å²) in [7, 11) is 1.90. The van der Waals surface area contributed by atoms with Gasteiger partial charge in [0, 0.05) is 25.5 Å². The van der Waals surface area contributed by atoms with Crippen LogP contribution in [-0.4, -0.2) is 21.3 Å². The van der Waals surface area contributed by atoms with E-state index in [1.807, 2.05) is 38.4 Å². The van der Waals surface area contributed by atoms with Crippen molar-refractivity contribution in [2.24, 2.45) is 7.05 Å². The zero-order chi connectivity index (χ0) is 13.7. The molecule has 1 N–H and O–H groups in total. The maximum Gasteiger partial charge on any atom is 0.142 e. The van der Waals surface area contributed by atoms with E-state index in [1.54, 1.807) is 4.68 Å². The Labute approximate surface area is 113 Å². The number of hydrogen-bond acceptors (Lipinski definition) is 4. The lowest BCUT2D eigenvalue weighted by Gasteiger charge is -2.11. The van der Waals surface area contributed by atoms with Gasteiger partial charge in [-0.3, -0.25) is 9.67 Å². The first-order valence-corrected chi connectivity index (χ1v) is 6.47. The Morgan fingerprint density at radius 1 is 1.32 bits per heavy atom. The molecule has 2 rings (SSSR count). The van der Waals surface area contributed by atoms with Gasteiger partial charge in [-0.05, 0) is 31.7 Å². The molecule has 5 nitrogen and oxygen atoms in total. The molecule has 5 heteroatoms. The maximum absolute atomic E-state index is 5.81. The van der Waals surface area contributed by atoms with Crippen LogP contribution in [0.4, 0.5) is 0 Å². The fourth-order valence-corrected chi connectivity index (χ4v) is 1.79. The first kappa shape index (κ1) is 13.5. The second-order valence-electron chi connectivity index (χ2n) is 4.45. The molecule has 0 bridgehead atoms. The quantitative estimate of drug-likeness (QED) is 0.860. The number of nitrogens with zero attached hydrogens (tertiary/aromatic N) is 3. The summed E-state index contributed by atoms with van der Waals surface area (Å²) in [5.74, 6) is 0.817. The lowest BCUT2D eigenvalue weighted by molar-refractivity contribution is 0.294. The lowest BCUT2D eigenvalue weighted by atomic mass is 10.3. The van der Waals surface area contributed by atoms with Gasteiger partial charge >= 0.3 is 0 Å². The Balaban J connectivity index is 2.05. The number of rotatable bonds is 6. The molecule has 0 unspecified atom stereocenters. The van der Waals surface area contributed by atoms with E-state index in [0.29, 0.717) is 6.61 Å². The second kappa shape index (κ2) is 6.33. The molecule has 0 spiro atoms. The van der Waals surface area contributed by atoms with Crippen molar-refractivity contribution in [3.05, 3.63) is 41.5 Å². The van der Waals surface area contributed by atoms with Gasteiger partial charge in [0.2, 0.25) is 0 Å². The molecule has 19 heavy (non-hydrogen) atoms. The number of aryl methyl sites for hydroxylation is 2. The highest BCUT2D eigenvalue weighted by molar-refractivity contribution is 5.29. The van der Waals surface area contributed by atoms with E-state index in [1.165, 1.54) is 0 Å². The Bertz CT molecular complexity index is 536. The van der Waals surface area contributed by atoms with Gasteiger partial charge in [0.25, 0.3) is 0 Å². The molecule has 0 saturated heterocycles. The number of ether oxygens (including phenoxy) is 1. The van der Waals surface area contributed by atoms with Crippen molar-refractivity contribution < 1.29 is 4.74 Å².